The molecule has 1 rings (SSSR count). The number of hydrogen-bond donors (Lipinski definition) is 6. The SMILES string of the molecule is CCCCCCC/C=C\C/C=C\C/C=C\CCCCCCCCCCCCCCCCCCCCCCCCC(=O)NC(COC1OC(CO)C(O)C(O)C1O)C(O)/C=C/CC/C=C/CC/C=C/CCCCCCCCCC. The van der Waals surface area contributed by atoms with Crippen LogP contribution in [0.4, 0.5) is 0 Å². The van der Waals surface area contributed by atoms with Gasteiger partial charge in [0.05, 0.1) is 25.4 Å². The Balaban J connectivity index is 2.11. The minimum atomic E-state index is -1.58. The van der Waals surface area contributed by atoms with Crippen molar-refractivity contribution in [1.82, 2.24) is 5.32 Å². The van der Waals surface area contributed by atoms with Crippen LogP contribution in [0.5, 0.6) is 0 Å². The van der Waals surface area contributed by atoms with E-state index in [0.717, 1.165) is 57.8 Å². The number of amides is 1. The number of aliphatic hydroxyl groups excluding tert-OH is 5. The summed E-state index contributed by atoms with van der Waals surface area (Å²) in [6.07, 6.45) is 74.3. The van der Waals surface area contributed by atoms with E-state index in [1.54, 1.807) is 6.08 Å². The third-order valence-electron chi connectivity index (χ3n) is 15.5. The van der Waals surface area contributed by atoms with Gasteiger partial charge in [0, 0.05) is 6.42 Å². The maximum Gasteiger partial charge on any atom is 0.220 e. The molecule has 78 heavy (non-hydrogen) atoms. The number of carbonyl (C=O) groups is 1. The molecule has 0 aromatic heterocycles. The third kappa shape index (κ3) is 46.3. The van der Waals surface area contributed by atoms with Crippen LogP contribution in [0.15, 0.2) is 72.9 Å². The second-order valence-corrected chi connectivity index (χ2v) is 22.9. The second kappa shape index (κ2) is 57.8. The van der Waals surface area contributed by atoms with Gasteiger partial charge in [-0.1, -0.05) is 286 Å². The van der Waals surface area contributed by atoms with Crippen molar-refractivity contribution in [3.05, 3.63) is 72.9 Å². The molecular weight excluding hydrogens is 971 g/mol. The molecular formula is C69H125NO8. The molecule has 0 aliphatic carbocycles. The van der Waals surface area contributed by atoms with E-state index in [-0.39, 0.29) is 12.5 Å². The van der Waals surface area contributed by atoms with E-state index < -0.39 is 49.5 Å². The van der Waals surface area contributed by atoms with Crippen molar-refractivity contribution in [2.75, 3.05) is 13.2 Å². The molecule has 9 heteroatoms. The lowest BCUT2D eigenvalue weighted by molar-refractivity contribution is -0.302. The Morgan fingerprint density at radius 1 is 0.436 bits per heavy atom. The zero-order valence-electron chi connectivity index (χ0n) is 50.7. The van der Waals surface area contributed by atoms with E-state index in [0.29, 0.717) is 6.42 Å². The van der Waals surface area contributed by atoms with Crippen molar-refractivity contribution in [1.29, 1.82) is 0 Å². The Hall–Kier alpha value is -2.37. The van der Waals surface area contributed by atoms with Crippen molar-refractivity contribution < 1.29 is 39.8 Å². The lowest BCUT2D eigenvalue weighted by Gasteiger charge is -2.40. The van der Waals surface area contributed by atoms with Gasteiger partial charge in [0.1, 0.15) is 24.4 Å². The van der Waals surface area contributed by atoms with Gasteiger partial charge in [-0.3, -0.25) is 4.79 Å². The number of aliphatic hydroxyl groups is 5. The largest absolute Gasteiger partial charge is 0.394 e. The number of allylic oxidation sites excluding steroid dienone is 11. The quantitative estimate of drug-likeness (QED) is 0.0261. The summed E-state index contributed by atoms with van der Waals surface area (Å²) in [5, 5.41) is 54.6. The van der Waals surface area contributed by atoms with Gasteiger partial charge in [-0.05, 0) is 83.5 Å². The molecule has 454 valence electrons. The standard InChI is InChI=1S/C69H125NO8/c1-3-5-7-9-11-13-15-17-19-21-23-24-25-26-27-28-29-30-31-32-33-34-35-36-37-38-39-40-41-43-45-47-49-51-53-55-57-59-65(73)70-62(61-77-69-68(76)67(75)66(74)64(60-71)78-69)63(72)58-56-54-52-50-48-46-44-42-22-20-18-16-14-12-10-8-6-4-2/h15,17,21-23,25-26,42,48,50,56,58,62-64,66-69,71-72,74-76H,3-14,16,18-20,24,27-41,43-47,49,51-55,57,59-61H2,1-2H3,(H,70,73)/b17-15-,23-21-,26-25-,42-22+,50-48+,58-56+. The molecule has 7 unspecified atom stereocenters. The minimum absolute atomic E-state index is 0.188. The van der Waals surface area contributed by atoms with E-state index in [4.69, 9.17) is 9.47 Å². The maximum absolute atomic E-state index is 13.1. The summed E-state index contributed by atoms with van der Waals surface area (Å²) < 4.78 is 11.3. The summed E-state index contributed by atoms with van der Waals surface area (Å²) in [5.74, 6) is -0.188. The highest BCUT2D eigenvalue weighted by atomic mass is 16.7. The molecule has 1 fully saturated rings. The fourth-order valence-electron chi connectivity index (χ4n) is 10.3. The summed E-state index contributed by atoms with van der Waals surface area (Å²) >= 11 is 0. The second-order valence-electron chi connectivity index (χ2n) is 22.9. The number of nitrogens with one attached hydrogen (secondary N) is 1. The van der Waals surface area contributed by atoms with Crippen LogP contribution in [0.1, 0.15) is 303 Å². The average Bonchev–Trinajstić information content (AvgIpc) is 3.45. The first-order chi connectivity index (χ1) is 38.3. The number of ether oxygens (including phenoxy) is 2. The van der Waals surface area contributed by atoms with Crippen molar-refractivity contribution >= 4 is 5.91 Å². The molecule has 1 aliphatic rings. The molecule has 1 heterocycles. The predicted molar refractivity (Wildman–Crippen MR) is 332 cm³/mol. The minimum Gasteiger partial charge on any atom is -0.394 e. The summed E-state index contributed by atoms with van der Waals surface area (Å²) in [7, 11) is 0. The number of unbranched alkanes of at least 4 members (excludes halogenated alkanes) is 37. The van der Waals surface area contributed by atoms with Crippen LogP contribution in [0, 0.1) is 0 Å². The number of carbonyl (C=O) groups excluding carboxylic acids is 1. The fraction of sp³-hybridized carbons (Fsp3) is 0.812. The molecule has 1 saturated heterocycles. The van der Waals surface area contributed by atoms with Gasteiger partial charge in [0.2, 0.25) is 5.91 Å². The van der Waals surface area contributed by atoms with E-state index in [1.165, 1.54) is 225 Å². The molecule has 0 aromatic carbocycles. The van der Waals surface area contributed by atoms with Gasteiger partial charge < -0.3 is 40.3 Å². The average molecular weight is 1100 g/mol. The predicted octanol–water partition coefficient (Wildman–Crippen LogP) is 17.6. The first-order valence-corrected chi connectivity index (χ1v) is 33.2. The molecule has 9 nitrogen and oxygen atoms in total. The molecule has 6 N–H and O–H groups in total. The molecule has 0 saturated carbocycles. The van der Waals surface area contributed by atoms with Crippen LogP contribution in [0.25, 0.3) is 0 Å². The van der Waals surface area contributed by atoms with Crippen LogP contribution >= 0.6 is 0 Å². The van der Waals surface area contributed by atoms with E-state index in [9.17, 15) is 30.3 Å². The van der Waals surface area contributed by atoms with Crippen LogP contribution < -0.4 is 5.32 Å². The normalized spacial score (nSPS) is 19.1. The third-order valence-corrected chi connectivity index (χ3v) is 15.5. The Labute approximate surface area is 480 Å². The Morgan fingerprint density at radius 3 is 1.17 bits per heavy atom. The highest BCUT2D eigenvalue weighted by molar-refractivity contribution is 5.76. The van der Waals surface area contributed by atoms with Crippen molar-refractivity contribution in [3.8, 4) is 0 Å². The smallest absolute Gasteiger partial charge is 0.220 e. The first kappa shape index (κ1) is 73.6. The zero-order valence-corrected chi connectivity index (χ0v) is 50.7. The number of hydrogen-bond acceptors (Lipinski definition) is 8. The van der Waals surface area contributed by atoms with Gasteiger partial charge in [-0.15, -0.1) is 0 Å². The first-order valence-electron chi connectivity index (χ1n) is 33.2. The van der Waals surface area contributed by atoms with E-state index in [2.05, 4.69) is 79.9 Å². The monoisotopic (exact) mass is 1100 g/mol. The van der Waals surface area contributed by atoms with Crippen LogP contribution in [-0.4, -0.2) is 87.5 Å². The molecule has 1 amide bonds. The lowest BCUT2D eigenvalue weighted by Crippen LogP contribution is -2.60. The molecule has 7 atom stereocenters. The van der Waals surface area contributed by atoms with Crippen LogP contribution in [0.2, 0.25) is 0 Å². The summed E-state index contributed by atoms with van der Waals surface area (Å²) in [5.41, 5.74) is 0. The fourth-order valence-corrected chi connectivity index (χ4v) is 10.3. The van der Waals surface area contributed by atoms with Crippen molar-refractivity contribution in [2.45, 2.75) is 346 Å². The molecule has 0 aromatic rings. The van der Waals surface area contributed by atoms with Crippen molar-refractivity contribution in [3.63, 3.8) is 0 Å². The molecule has 0 spiro atoms. The molecule has 0 radical (unpaired) electrons. The van der Waals surface area contributed by atoms with Crippen LogP contribution in [0.3, 0.4) is 0 Å². The summed E-state index contributed by atoms with van der Waals surface area (Å²) in [6.45, 7) is 3.76. The van der Waals surface area contributed by atoms with Gasteiger partial charge >= 0.3 is 0 Å². The lowest BCUT2D eigenvalue weighted by atomic mass is 9.99. The maximum atomic E-state index is 13.1. The highest BCUT2D eigenvalue weighted by Gasteiger charge is 2.44. The van der Waals surface area contributed by atoms with Crippen LogP contribution in [-0.2, 0) is 14.3 Å². The molecule has 0 bridgehead atoms. The van der Waals surface area contributed by atoms with Gasteiger partial charge in [0.25, 0.3) is 0 Å². The van der Waals surface area contributed by atoms with E-state index >= 15 is 0 Å². The zero-order chi connectivity index (χ0) is 56.5. The number of rotatable bonds is 57. The molecule has 1 aliphatic heterocycles. The Kier molecular flexibility index (Phi) is 54.6. The van der Waals surface area contributed by atoms with Crippen molar-refractivity contribution in [2.24, 2.45) is 0 Å². The van der Waals surface area contributed by atoms with Gasteiger partial charge in [-0.2, -0.15) is 0 Å². The summed E-state index contributed by atoms with van der Waals surface area (Å²) in [4.78, 5) is 13.1. The highest BCUT2D eigenvalue weighted by Crippen LogP contribution is 2.23. The summed E-state index contributed by atoms with van der Waals surface area (Å²) in [6, 6.07) is -0.830. The van der Waals surface area contributed by atoms with Gasteiger partial charge in [0.15, 0.2) is 6.29 Å². The van der Waals surface area contributed by atoms with Gasteiger partial charge in [-0.25, -0.2) is 0 Å². The topological polar surface area (TPSA) is 149 Å². The Bertz CT molecular complexity index is 1460. The Morgan fingerprint density at radius 2 is 0.769 bits per heavy atom. The van der Waals surface area contributed by atoms with E-state index in [1.807, 2.05) is 6.08 Å².